The Morgan fingerprint density at radius 2 is 2.00 bits per heavy atom. The summed E-state index contributed by atoms with van der Waals surface area (Å²) in [5.41, 5.74) is 6.77. The first-order valence-electron chi connectivity index (χ1n) is 7.09. The van der Waals surface area contributed by atoms with Crippen LogP contribution in [-0.2, 0) is 10.0 Å². The van der Waals surface area contributed by atoms with Gasteiger partial charge in [0.1, 0.15) is 0 Å². The van der Waals surface area contributed by atoms with Gasteiger partial charge in [-0.2, -0.15) is 0 Å². The third kappa shape index (κ3) is 3.31. The van der Waals surface area contributed by atoms with E-state index < -0.39 is 10.0 Å². The normalized spacial score (nSPS) is 20.1. The molecule has 0 saturated carbocycles. The second-order valence-corrected chi connectivity index (χ2v) is 7.01. The number of nitrogens with two attached hydrogens (primary N) is 1. The molecule has 0 aliphatic carbocycles. The molecule has 1 aliphatic heterocycles. The van der Waals surface area contributed by atoms with Crippen molar-refractivity contribution in [3.63, 3.8) is 0 Å². The van der Waals surface area contributed by atoms with Crippen molar-refractivity contribution in [2.45, 2.75) is 36.6 Å². The van der Waals surface area contributed by atoms with Gasteiger partial charge in [-0.15, -0.1) is 0 Å². The number of hydrogen-bond acceptors (Lipinski definition) is 4. The van der Waals surface area contributed by atoms with Crippen LogP contribution in [0.2, 0.25) is 0 Å². The Morgan fingerprint density at radius 1 is 1.30 bits per heavy atom. The molecule has 1 aliphatic rings. The van der Waals surface area contributed by atoms with E-state index in [2.05, 4.69) is 9.62 Å². The average Bonchev–Trinajstić information content (AvgIpc) is 2.48. The maximum atomic E-state index is 11.7. The van der Waals surface area contributed by atoms with Crippen LogP contribution in [0.25, 0.3) is 0 Å². The lowest BCUT2D eigenvalue weighted by Gasteiger charge is -2.37. The molecular weight excluding hydrogens is 274 g/mol. The Kier molecular flexibility index (Phi) is 5.01. The SMILES string of the molecule is CNS(=O)(=O)c1ccc(N2CCCCC2CCN)cc1. The second kappa shape index (κ2) is 6.56. The van der Waals surface area contributed by atoms with Crippen molar-refractivity contribution in [1.82, 2.24) is 4.72 Å². The number of piperidine rings is 1. The van der Waals surface area contributed by atoms with E-state index in [9.17, 15) is 8.42 Å². The lowest BCUT2D eigenvalue weighted by Crippen LogP contribution is -2.40. The van der Waals surface area contributed by atoms with E-state index in [1.54, 1.807) is 12.1 Å². The van der Waals surface area contributed by atoms with Gasteiger partial charge in [-0.05, 0) is 63.5 Å². The van der Waals surface area contributed by atoms with E-state index in [0.29, 0.717) is 17.5 Å². The highest BCUT2D eigenvalue weighted by Crippen LogP contribution is 2.27. The first kappa shape index (κ1) is 15.3. The predicted molar refractivity (Wildman–Crippen MR) is 81.3 cm³/mol. The topological polar surface area (TPSA) is 75.4 Å². The first-order chi connectivity index (χ1) is 9.58. The van der Waals surface area contributed by atoms with E-state index in [1.165, 1.54) is 19.9 Å². The van der Waals surface area contributed by atoms with Gasteiger partial charge < -0.3 is 10.6 Å². The van der Waals surface area contributed by atoms with Crippen molar-refractivity contribution in [3.8, 4) is 0 Å². The molecule has 0 spiro atoms. The number of benzene rings is 1. The Balaban J connectivity index is 2.20. The van der Waals surface area contributed by atoms with Crippen molar-refractivity contribution < 1.29 is 8.42 Å². The van der Waals surface area contributed by atoms with Crippen LogP contribution in [0.3, 0.4) is 0 Å². The highest BCUT2D eigenvalue weighted by Gasteiger charge is 2.22. The predicted octanol–water partition coefficient (Wildman–Crippen LogP) is 1.30. The van der Waals surface area contributed by atoms with E-state index in [4.69, 9.17) is 5.73 Å². The van der Waals surface area contributed by atoms with E-state index in [-0.39, 0.29) is 0 Å². The zero-order valence-electron chi connectivity index (χ0n) is 11.9. The molecule has 0 radical (unpaired) electrons. The first-order valence-corrected chi connectivity index (χ1v) is 8.57. The van der Waals surface area contributed by atoms with E-state index >= 15 is 0 Å². The highest BCUT2D eigenvalue weighted by atomic mass is 32.2. The Morgan fingerprint density at radius 3 is 2.60 bits per heavy atom. The van der Waals surface area contributed by atoms with Gasteiger partial charge in [0.15, 0.2) is 0 Å². The number of nitrogens with one attached hydrogen (secondary N) is 1. The van der Waals surface area contributed by atoms with Gasteiger partial charge >= 0.3 is 0 Å². The second-order valence-electron chi connectivity index (χ2n) is 5.12. The Bertz CT molecular complexity index is 526. The van der Waals surface area contributed by atoms with E-state index in [1.807, 2.05) is 12.1 Å². The third-order valence-corrected chi connectivity index (χ3v) is 5.30. The summed E-state index contributed by atoms with van der Waals surface area (Å²) in [6.07, 6.45) is 4.56. The van der Waals surface area contributed by atoms with Crippen LogP contribution in [0, 0.1) is 0 Å². The zero-order chi connectivity index (χ0) is 14.6. The maximum Gasteiger partial charge on any atom is 0.240 e. The number of rotatable bonds is 5. The maximum absolute atomic E-state index is 11.7. The minimum Gasteiger partial charge on any atom is -0.369 e. The van der Waals surface area contributed by atoms with Gasteiger partial charge in [0, 0.05) is 18.3 Å². The van der Waals surface area contributed by atoms with Gasteiger partial charge in [0.25, 0.3) is 0 Å². The molecule has 112 valence electrons. The van der Waals surface area contributed by atoms with Crippen LogP contribution in [0.15, 0.2) is 29.2 Å². The summed E-state index contributed by atoms with van der Waals surface area (Å²) in [5.74, 6) is 0. The molecule has 6 heteroatoms. The summed E-state index contributed by atoms with van der Waals surface area (Å²) >= 11 is 0. The molecule has 1 saturated heterocycles. The lowest BCUT2D eigenvalue weighted by molar-refractivity contribution is 0.442. The van der Waals surface area contributed by atoms with Gasteiger partial charge in [0.05, 0.1) is 4.90 Å². The van der Waals surface area contributed by atoms with Gasteiger partial charge in [0.2, 0.25) is 10.0 Å². The quantitative estimate of drug-likeness (QED) is 0.859. The fraction of sp³-hybridized carbons (Fsp3) is 0.571. The summed E-state index contributed by atoms with van der Waals surface area (Å²) < 4.78 is 25.8. The van der Waals surface area contributed by atoms with Crippen molar-refractivity contribution in [3.05, 3.63) is 24.3 Å². The molecule has 1 atom stereocenters. The van der Waals surface area contributed by atoms with Crippen LogP contribution in [-0.4, -0.2) is 34.6 Å². The Hall–Kier alpha value is -1.11. The summed E-state index contributed by atoms with van der Waals surface area (Å²) in [7, 11) is -1.94. The summed E-state index contributed by atoms with van der Waals surface area (Å²) in [4.78, 5) is 2.66. The van der Waals surface area contributed by atoms with Crippen LogP contribution in [0.1, 0.15) is 25.7 Å². The minimum atomic E-state index is -3.36. The van der Waals surface area contributed by atoms with E-state index in [0.717, 1.165) is 25.1 Å². The molecule has 1 aromatic carbocycles. The van der Waals surface area contributed by atoms with Crippen LogP contribution in [0.4, 0.5) is 5.69 Å². The number of anilines is 1. The van der Waals surface area contributed by atoms with Gasteiger partial charge in [-0.3, -0.25) is 0 Å². The van der Waals surface area contributed by atoms with Crippen LogP contribution in [0.5, 0.6) is 0 Å². The van der Waals surface area contributed by atoms with Crippen molar-refractivity contribution in [2.75, 3.05) is 25.0 Å². The fourth-order valence-electron chi connectivity index (χ4n) is 2.77. The summed E-state index contributed by atoms with van der Waals surface area (Å²) in [6, 6.07) is 7.57. The molecule has 0 bridgehead atoms. The molecule has 1 unspecified atom stereocenters. The molecule has 2 rings (SSSR count). The zero-order valence-corrected chi connectivity index (χ0v) is 12.7. The number of sulfonamides is 1. The fourth-order valence-corrected chi connectivity index (χ4v) is 3.50. The molecule has 20 heavy (non-hydrogen) atoms. The van der Waals surface area contributed by atoms with Gasteiger partial charge in [-0.1, -0.05) is 0 Å². The van der Waals surface area contributed by atoms with Crippen molar-refractivity contribution >= 4 is 15.7 Å². The molecular formula is C14H23N3O2S. The van der Waals surface area contributed by atoms with Crippen molar-refractivity contribution in [2.24, 2.45) is 5.73 Å². The van der Waals surface area contributed by atoms with Gasteiger partial charge in [-0.25, -0.2) is 13.1 Å². The Labute approximate surface area is 121 Å². The molecule has 1 aromatic rings. The summed E-state index contributed by atoms with van der Waals surface area (Å²) in [6.45, 7) is 1.70. The van der Waals surface area contributed by atoms with Crippen LogP contribution < -0.4 is 15.4 Å². The molecule has 1 fully saturated rings. The molecule has 0 amide bonds. The average molecular weight is 297 g/mol. The highest BCUT2D eigenvalue weighted by molar-refractivity contribution is 7.89. The van der Waals surface area contributed by atoms with Crippen molar-refractivity contribution in [1.29, 1.82) is 0 Å². The monoisotopic (exact) mass is 297 g/mol. The third-order valence-electron chi connectivity index (χ3n) is 3.87. The number of hydrogen-bond donors (Lipinski definition) is 2. The smallest absolute Gasteiger partial charge is 0.240 e. The molecule has 0 aromatic heterocycles. The summed E-state index contributed by atoms with van der Waals surface area (Å²) in [5, 5.41) is 0. The molecule has 3 N–H and O–H groups in total. The van der Waals surface area contributed by atoms with Crippen LogP contribution >= 0.6 is 0 Å². The standard InChI is InChI=1S/C14H23N3O2S/c1-16-20(18,19)14-7-5-13(6-8-14)17-11-3-2-4-12(17)9-10-15/h5-8,12,16H,2-4,9-11,15H2,1H3. The molecule has 5 nitrogen and oxygen atoms in total. The molecule has 1 heterocycles. The largest absolute Gasteiger partial charge is 0.369 e. The minimum absolute atomic E-state index is 0.302. The lowest BCUT2D eigenvalue weighted by atomic mass is 9.98. The number of nitrogens with zero attached hydrogens (tertiary/aromatic N) is 1.